The molecule has 1 aliphatic carbocycles. The summed E-state index contributed by atoms with van der Waals surface area (Å²) in [5, 5.41) is 0. The van der Waals surface area contributed by atoms with Crippen LogP contribution in [-0.2, 0) is 0 Å². The molecule has 0 aromatic carbocycles. The zero-order valence-electron chi connectivity index (χ0n) is 5.60. The van der Waals surface area contributed by atoms with Gasteiger partial charge in [0, 0.05) is 4.83 Å². The van der Waals surface area contributed by atoms with E-state index in [1.165, 1.54) is 5.57 Å². The Kier molecular flexibility index (Phi) is 2.52. The molecule has 1 rings (SSSR count). The Morgan fingerprint density at radius 1 is 1.67 bits per heavy atom. The third-order valence-corrected chi connectivity index (χ3v) is 2.16. The minimum absolute atomic E-state index is 0.565. The minimum atomic E-state index is 0.565. The predicted octanol–water partition coefficient (Wildman–Crippen LogP) is 3.05. The molecule has 0 radical (unpaired) electrons. The van der Waals surface area contributed by atoms with Crippen LogP contribution in [0, 0.1) is 0 Å². The highest BCUT2D eigenvalue weighted by Crippen LogP contribution is 2.15. The maximum absolute atomic E-state index is 3.53. The van der Waals surface area contributed by atoms with Crippen LogP contribution in [0.15, 0.2) is 23.8 Å². The molecule has 50 valence electrons. The van der Waals surface area contributed by atoms with E-state index in [-0.39, 0.29) is 0 Å². The zero-order valence-corrected chi connectivity index (χ0v) is 7.19. The first-order chi connectivity index (χ1) is 4.29. The fourth-order valence-electron chi connectivity index (χ4n) is 0.877. The number of rotatable bonds is 0. The summed E-state index contributed by atoms with van der Waals surface area (Å²) in [6.07, 6.45) is 9.00. The molecular weight excluding hydrogens is 176 g/mol. The predicted molar refractivity (Wildman–Crippen MR) is 44.8 cm³/mol. The minimum Gasteiger partial charge on any atom is -0.0842 e. The highest BCUT2D eigenvalue weighted by Gasteiger charge is 1.99. The van der Waals surface area contributed by atoms with Crippen LogP contribution in [0.5, 0.6) is 0 Å². The van der Waals surface area contributed by atoms with E-state index in [1.807, 2.05) is 0 Å². The molecule has 0 amide bonds. The molecule has 0 nitrogen and oxygen atoms in total. The molecule has 1 aliphatic rings. The molecule has 0 N–H and O–H groups in total. The quantitative estimate of drug-likeness (QED) is 0.404. The fourth-order valence-corrected chi connectivity index (χ4v) is 1.28. The smallest absolute Gasteiger partial charge is 0.0360 e. The second-order valence-electron chi connectivity index (χ2n) is 2.43. The van der Waals surface area contributed by atoms with E-state index in [1.54, 1.807) is 0 Å². The zero-order chi connectivity index (χ0) is 6.69. The first kappa shape index (κ1) is 7.07. The molecule has 9 heavy (non-hydrogen) atoms. The topological polar surface area (TPSA) is 0 Å². The van der Waals surface area contributed by atoms with Crippen LogP contribution in [0.1, 0.15) is 19.8 Å². The summed E-state index contributed by atoms with van der Waals surface area (Å²) < 4.78 is 0. The molecule has 1 heteroatoms. The summed E-state index contributed by atoms with van der Waals surface area (Å²) in [5.41, 5.74) is 1.48. The molecule has 0 spiro atoms. The molecule has 0 fully saturated rings. The van der Waals surface area contributed by atoms with E-state index < -0.39 is 0 Å². The van der Waals surface area contributed by atoms with Crippen molar-refractivity contribution in [1.82, 2.24) is 0 Å². The molecular formula is C8H11Br. The molecule has 0 aromatic rings. The van der Waals surface area contributed by atoms with Gasteiger partial charge in [0.25, 0.3) is 0 Å². The van der Waals surface area contributed by atoms with Crippen LogP contribution in [0.2, 0.25) is 0 Å². The largest absolute Gasteiger partial charge is 0.0842 e. The van der Waals surface area contributed by atoms with Crippen molar-refractivity contribution in [3.8, 4) is 0 Å². The Hall–Kier alpha value is -0.0400. The maximum atomic E-state index is 3.53. The highest BCUT2D eigenvalue weighted by molar-refractivity contribution is 9.09. The lowest BCUT2D eigenvalue weighted by Gasteiger charge is -1.94. The number of alkyl halides is 1. The molecule has 0 saturated heterocycles. The Morgan fingerprint density at radius 3 is 3.22 bits per heavy atom. The van der Waals surface area contributed by atoms with E-state index in [0.717, 1.165) is 12.8 Å². The van der Waals surface area contributed by atoms with Crippen molar-refractivity contribution < 1.29 is 0 Å². The van der Waals surface area contributed by atoms with Crippen LogP contribution in [0.4, 0.5) is 0 Å². The standard InChI is InChI=1S/C8H11Br/c1-7-3-2-4-8(9)6-5-7/h2,4-5,8H,3,6H2,1H3/t8-/m0/s1. The lowest BCUT2D eigenvalue weighted by Crippen LogP contribution is -1.85. The molecule has 0 unspecified atom stereocenters. The SMILES string of the molecule is CC1=CC[C@@H](Br)C=CC1. The molecule has 0 saturated carbocycles. The summed E-state index contributed by atoms with van der Waals surface area (Å²) in [4.78, 5) is 0.565. The second kappa shape index (κ2) is 3.21. The summed E-state index contributed by atoms with van der Waals surface area (Å²) in [6.45, 7) is 2.18. The molecule has 0 bridgehead atoms. The van der Waals surface area contributed by atoms with Crippen molar-refractivity contribution >= 4 is 15.9 Å². The lowest BCUT2D eigenvalue weighted by atomic mass is 10.2. The van der Waals surface area contributed by atoms with E-state index in [4.69, 9.17) is 0 Å². The van der Waals surface area contributed by atoms with Crippen molar-refractivity contribution in [3.05, 3.63) is 23.8 Å². The van der Waals surface area contributed by atoms with Gasteiger partial charge >= 0.3 is 0 Å². The van der Waals surface area contributed by atoms with E-state index in [0.29, 0.717) is 4.83 Å². The molecule has 0 aromatic heterocycles. The van der Waals surface area contributed by atoms with Crippen molar-refractivity contribution in [2.45, 2.75) is 24.6 Å². The monoisotopic (exact) mass is 186 g/mol. The van der Waals surface area contributed by atoms with Crippen molar-refractivity contribution in [2.75, 3.05) is 0 Å². The normalized spacial score (nSPS) is 27.3. The summed E-state index contributed by atoms with van der Waals surface area (Å²) in [5.74, 6) is 0. The van der Waals surface area contributed by atoms with Crippen molar-refractivity contribution in [1.29, 1.82) is 0 Å². The third kappa shape index (κ3) is 2.35. The van der Waals surface area contributed by atoms with Gasteiger partial charge in [0.05, 0.1) is 0 Å². The number of allylic oxidation sites excluding steroid dienone is 4. The van der Waals surface area contributed by atoms with Crippen LogP contribution in [0.3, 0.4) is 0 Å². The van der Waals surface area contributed by atoms with Crippen LogP contribution in [-0.4, -0.2) is 4.83 Å². The Morgan fingerprint density at radius 2 is 2.44 bits per heavy atom. The average molecular weight is 187 g/mol. The number of hydrogen-bond acceptors (Lipinski definition) is 0. The van der Waals surface area contributed by atoms with Crippen LogP contribution in [0.25, 0.3) is 0 Å². The molecule has 0 heterocycles. The van der Waals surface area contributed by atoms with Gasteiger partial charge < -0.3 is 0 Å². The van der Waals surface area contributed by atoms with Gasteiger partial charge in [-0.05, 0) is 19.8 Å². The van der Waals surface area contributed by atoms with Gasteiger partial charge in [-0.25, -0.2) is 0 Å². The van der Waals surface area contributed by atoms with Gasteiger partial charge in [0.1, 0.15) is 0 Å². The molecule has 0 aliphatic heterocycles. The van der Waals surface area contributed by atoms with Gasteiger partial charge in [-0.2, -0.15) is 0 Å². The van der Waals surface area contributed by atoms with Gasteiger partial charge in [0.2, 0.25) is 0 Å². The van der Waals surface area contributed by atoms with Crippen molar-refractivity contribution in [3.63, 3.8) is 0 Å². The van der Waals surface area contributed by atoms with Crippen LogP contribution >= 0.6 is 15.9 Å². The van der Waals surface area contributed by atoms with Crippen molar-refractivity contribution in [2.24, 2.45) is 0 Å². The molecule has 1 atom stereocenters. The van der Waals surface area contributed by atoms with E-state index in [2.05, 4.69) is 41.1 Å². The fraction of sp³-hybridized carbons (Fsp3) is 0.500. The van der Waals surface area contributed by atoms with Gasteiger partial charge in [-0.15, -0.1) is 0 Å². The summed E-state index contributed by atoms with van der Waals surface area (Å²) in [7, 11) is 0. The Labute approximate surface area is 64.8 Å². The average Bonchev–Trinajstić information content (AvgIpc) is 1.97. The lowest BCUT2D eigenvalue weighted by molar-refractivity contribution is 1.08. The van der Waals surface area contributed by atoms with E-state index >= 15 is 0 Å². The van der Waals surface area contributed by atoms with Gasteiger partial charge in [-0.1, -0.05) is 39.7 Å². The third-order valence-electron chi connectivity index (χ3n) is 1.48. The Bertz CT molecular complexity index is 145. The summed E-state index contributed by atoms with van der Waals surface area (Å²) in [6, 6.07) is 0. The second-order valence-corrected chi connectivity index (χ2v) is 3.61. The first-order valence-electron chi connectivity index (χ1n) is 3.25. The number of halogens is 1. The Balaban J connectivity index is 2.57. The first-order valence-corrected chi connectivity index (χ1v) is 4.17. The van der Waals surface area contributed by atoms with E-state index in [9.17, 15) is 0 Å². The summed E-state index contributed by atoms with van der Waals surface area (Å²) >= 11 is 3.53. The maximum Gasteiger partial charge on any atom is 0.0360 e. The highest BCUT2D eigenvalue weighted by atomic mass is 79.9. The van der Waals surface area contributed by atoms with Crippen LogP contribution < -0.4 is 0 Å². The van der Waals surface area contributed by atoms with Gasteiger partial charge in [0.15, 0.2) is 0 Å². The van der Waals surface area contributed by atoms with Gasteiger partial charge in [-0.3, -0.25) is 0 Å². The number of hydrogen-bond donors (Lipinski definition) is 0.